The van der Waals surface area contributed by atoms with Gasteiger partial charge in [-0.05, 0) is 36.4 Å². The van der Waals surface area contributed by atoms with Crippen molar-refractivity contribution in [2.45, 2.75) is 0 Å². The first-order valence-corrected chi connectivity index (χ1v) is 8.41. The summed E-state index contributed by atoms with van der Waals surface area (Å²) in [6.45, 7) is 0. The highest BCUT2D eigenvalue weighted by Crippen LogP contribution is 2.29. The van der Waals surface area contributed by atoms with Crippen LogP contribution in [0.4, 0.5) is 17.2 Å². The van der Waals surface area contributed by atoms with Crippen molar-refractivity contribution >= 4 is 23.1 Å². The summed E-state index contributed by atoms with van der Waals surface area (Å²) in [6.07, 6.45) is 1.57. The molecule has 2 N–H and O–H groups in total. The molecule has 0 spiro atoms. The number of nitriles is 1. The zero-order chi connectivity index (χ0) is 19.9. The van der Waals surface area contributed by atoms with Gasteiger partial charge in [0.15, 0.2) is 0 Å². The van der Waals surface area contributed by atoms with Crippen molar-refractivity contribution in [3.63, 3.8) is 0 Å². The lowest BCUT2D eigenvalue weighted by Gasteiger charge is -2.13. The molecule has 0 aliphatic rings. The lowest BCUT2D eigenvalue weighted by molar-refractivity contribution is 0.102. The first kappa shape index (κ1) is 18.7. The van der Waals surface area contributed by atoms with Crippen molar-refractivity contribution < 1.29 is 14.3 Å². The van der Waals surface area contributed by atoms with Gasteiger partial charge in [-0.2, -0.15) is 5.26 Å². The Labute approximate surface area is 162 Å². The average Bonchev–Trinajstić information content (AvgIpc) is 2.74. The third-order valence-electron chi connectivity index (χ3n) is 3.99. The summed E-state index contributed by atoms with van der Waals surface area (Å²) in [7, 11) is 2.98. The van der Waals surface area contributed by atoms with Gasteiger partial charge >= 0.3 is 0 Å². The molecule has 1 amide bonds. The Morgan fingerprint density at radius 1 is 1.00 bits per heavy atom. The number of pyridine rings is 1. The molecule has 0 saturated carbocycles. The molecule has 2 aromatic carbocycles. The van der Waals surface area contributed by atoms with Crippen LogP contribution >= 0.6 is 0 Å². The van der Waals surface area contributed by atoms with Gasteiger partial charge in [-0.1, -0.05) is 18.2 Å². The van der Waals surface area contributed by atoms with E-state index in [1.165, 1.54) is 14.2 Å². The Kier molecular flexibility index (Phi) is 5.72. The van der Waals surface area contributed by atoms with Crippen molar-refractivity contribution in [1.29, 1.82) is 5.26 Å². The predicted octanol–water partition coefficient (Wildman–Crippen LogP) is 3.97. The normalized spacial score (nSPS) is 9.89. The lowest BCUT2D eigenvalue weighted by atomic mass is 10.1. The van der Waals surface area contributed by atoms with E-state index in [4.69, 9.17) is 14.7 Å². The number of aromatic nitrogens is 1. The van der Waals surface area contributed by atoms with Crippen LogP contribution in [0.25, 0.3) is 0 Å². The number of nitrogens with one attached hydrogen (secondary N) is 2. The molecule has 28 heavy (non-hydrogen) atoms. The van der Waals surface area contributed by atoms with Crippen molar-refractivity contribution in [3.8, 4) is 17.6 Å². The second-order valence-corrected chi connectivity index (χ2v) is 5.71. The summed E-state index contributed by atoms with van der Waals surface area (Å²) >= 11 is 0. The van der Waals surface area contributed by atoms with Crippen molar-refractivity contribution in [3.05, 3.63) is 71.9 Å². The molecular weight excluding hydrogens is 356 g/mol. The molecule has 0 bridgehead atoms. The van der Waals surface area contributed by atoms with Gasteiger partial charge in [-0.15, -0.1) is 0 Å². The largest absolute Gasteiger partial charge is 0.496 e. The average molecular weight is 374 g/mol. The van der Waals surface area contributed by atoms with E-state index in [9.17, 15) is 4.79 Å². The third-order valence-corrected chi connectivity index (χ3v) is 3.99. The number of para-hydroxylation sites is 1. The number of rotatable bonds is 6. The molecule has 3 aromatic rings. The summed E-state index contributed by atoms with van der Waals surface area (Å²) in [5.41, 5.74) is 2.19. The number of methoxy groups -OCH3 is 2. The minimum absolute atomic E-state index is 0.291. The Bertz CT molecular complexity index is 1000. The van der Waals surface area contributed by atoms with E-state index >= 15 is 0 Å². The number of ether oxygens (including phenoxy) is 2. The van der Waals surface area contributed by atoms with Crippen LogP contribution in [0, 0.1) is 11.3 Å². The van der Waals surface area contributed by atoms with Crippen LogP contribution in [0.1, 0.15) is 15.9 Å². The number of hydrogen-bond donors (Lipinski definition) is 2. The molecule has 140 valence electrons. The molecule has 0 saturated heterocycles. The van der Waals surface area contributed by atoms with Crippen LogP contribution in [-0.4, -0.2) is 25.1 Å². The van der Waals surface area contributed by atoms with Crippen LogP contribution < -0.4 is 20.1 Å². The van der Waals surface area contributed by atoms with E-state index in [2.05, 4.69) is 21.7 Å². The molecule has 1 heterocycles. The number of hydrogen-bond acceptors (Lipinski definition) is 6. The summed E-state index contributed by atoms with van der Waals surface area (Å²) in [5.74, 6) is 0.793. The zero-order valence-corrected chi connectivity index (χ0v) is 15.4. The quantitative estimate of drug-likeness (QED) is 0.678. The predicted molar refractivity (Wildman–Crippen MR) is 106 cm³/mol. The summed E-state index contributed by atoms with van der Waals surface area (Å²) in [4.78, 5) is 16.9. The Balaban J connectivity index is 1.76. The standard InChI is InChI=1S/C21H18N4O3/c1-27-17-8-5-9-18(28-2)20(17)21(26)25-19-11-10-15(13-23-19)24-16-7-4-3-6-14(16)12-22/h3-11,13,24H,1-2H3,(H,23,25,26). The lowest BCUT2D eigenvalue weighted by Crippen LogP contribution is -2.15. The molecule has 0 aliphatic heterocycles. The van der Waals surface area contributed by atoms with Crippen LogP contribution in [-0.2, 0) is 0 Å². The number of amides is 1. The van der Waals surface area contributed by atoms with Crippen LogP contribution in [0.2, 0.25) is 0 Å². The minimum Gasteiger partial charge on any atom is -0.496 e. The van der Waals surface area contributed by atoms with E-state index in [-0.39, 0.29) is 0 Å². The van der Waals surface area contributed by atoms with Gasteiger partial charge in [-0.3, -0.25) is 4.79 Å². The van der Waals surface area contributed by atoms with E-state index in [0.717, 1.165) is 0 Å². The fourth-order valence-electron chi connectivity index (χ4n) is 2.64. The Hall–Kier alpha value is -4.05. The minimum atomic E-state index is -0.391. The highest BCUT2D eigenvalue weighted by atomic mass is 16.5. The molecule has 7 nitrogen and oxygen atoms in total. The number of benzene rings is 2. The highest BCUT2D eigenvalue weighted by molar-refractivity contribution is 6.07. The molecule has 1 aromatic heterocycles. The maximum absolute atomic E-state index is 12.7. The van der Waals surface area contributed by atoms with Crippen LogP contribution in [0.5, 0.6) is 11.5 Å². The smallest absolute Gasteiger partial charge is 0.264 e. The maximum Gasteiger partial charge on any atom is 0.264 e. The van der Waals surface area contributed by atoms with Crippen molar-refractivity contribution in [2.75, 3.05) is 24.9 Å². The SMILES string of the molecule is COc1cccc(OC)c1C(=O)Nc1ccc(Nc2ccccc2C#N)cn1. The molecule has 3 rings (SSSR count). The molecular formula is C21H18N4O3. The van der Waals surface area contributed by atoms with Crippen LogP contribution in [0.3, 0.4) is 0 Å². The van der Waals surface area contributed by atoms with E-state index < -0.39 is 5.91 Å². The molecule has 7 heteroatoms. The monoisotopic (exact) mass is 374 g/mol. The van der Waals surface area contributed by atoms with E-state index in [0.29, 0.717) is 39.8 Å². The summed E-state index contributed by atoms with van der Waals surface area (Å²) < 4.78 is 10.5. The van der Waals surface area contributed by atoms with Gasteiger partial charge in [0.25, 0.3) is 5.91 Å². The van der Waals surface area contributed by atoms with Crippen molar-refractivity contribution in [2.24, 2.45) is 0 Å². The van der Waals surface area contributed by atoms with Gasteiger partial charge in [0, 0.05) is 0 Å². The van der Waals surface area contributed by atoms with Crippen molar-refractivity contribution in [1.82, 2.24) is 4.98 Å². The fourth-order valence-corrected chi connectivity index (χ4v) is 2.64. The molecule has 0 atom stereocenters. The fraction of sp³-hybridized carbons (Fsp3) is 0.0952. The molecule has 0 fully saturated rings. The van der Waals surface area contributed by atoms with Gasteiger partial charge in [0.05, 0.1) is 37.4 Å². The van der Waals surface area contributed by atoms with E-state index in [1.54, 1.807) is 48.7 Å². The summed E-state index contributed by atoms with van der Waals surface area (Å²) in [5, 5.41) is 15.0. The number of carbonyl (C=O) groups is 1. The third kappa shape index (κ3) is 4.02. The van der Waals surface area contributed by atoms with Gasteiger partial charge in [0.1, 0.15) is 28.9 Å². The number of anilines is 3. The summed E-state index contributed by atoms with van der Waals surface area (Å²) in [6, 6.07) is 17.8. The first-order valence-electron chi connectivity index (χ1n) is 8.41. The Morgan fingerprint density at radius 2 is 1.71 bits per heavy atom. The maximum atomic E-state index is 12.7. The highest BCUT2D eigenvalue weighted by Gasteiger charge is 2.18. The topological polar surface area (TPSA) is 96.3 Å². The molecule has 0 radical (unpaired) electrons. The second-order valence-electron chi connectivity index (χ2n) is 5.71. The van der Waals surface area contributed by atoms with Gasteiger partial charge < -0.3 is 20.1 Å². The van der Waals surface area contributed by atoms with Gasteiger partial charge in [0.2, 0.25) is 0 Å². The molecule has 0 unspecified atom stereocenters. The number of carbonyl (C=O) groups excluding carboxylic acids is 1. The molecule has 0 aliphatic carbocycles. The van der Waals surface area contributed by atoms with Crippen LogP contribution in [0.15, 0.2) is 60.8 Å². The number of nitrogens with zero attached hydrogens (tertiary/aromatic N) is 2. The second kappa shape index (κ2) is 8.56. The first-order chi connectivity index (χ1) is 13.7. The Morgan fingerprint density at radius 3 is 2.32 bits per heavy atom. The van der Waals surface area contributed by atoms with Gasteiger partial charge in [-0.25, -0.2) is 4.98 Å². The van der Waals surface area contributed by atoms with E-state index in [1.807, 2.05) is 12.1 Å². The zero-order valence-electron chi connectivity index (χ0n) is 15.4.